The smallest absolute Gasteiger partial charge is 0.310 e. The first-order valence-electron chi connectivity index (χ1n) is 26.2. The molecular formula is C60H94O6. The Hall–Kier alpha value is -4.45. The number of allylic oxidation sites excluding steroid dienone is 21. The number of hydrogen-bond donors (Lipinski definition) is 0. The van der Waals surface area contributed by atoms with Gasteiger partial charge in [0.25, 0.3) is 0 Å². The minimum absolute atomic E-state index is 0.0770. The Morgan fingerprint density at radius 1 is 0.333 bits per heavy atom. The van der Waals surface area contributed by atoms with E-state index < -0.39 is 12.1 Å². The second-order valence-corrected chi connectivity index (χ2v) is 16.7. The standard InChI is InChI=1S/C60H94O6/c1-4-7-10-13-16-19-22-25-28-29-30-31-33-35-38-41-44-47-50-53-59(62)65-56-57(55-64-58(61)52-49-46-43-40-37-34-27-24-21-18-15-12-9-6-3)66-60(63)54-51-48-45-42-39-36-32-26-23-20-17-14-11-8-5-2/h7-8,10-11,16-17,19-20,25-26,28,30-32,35,38-39,42,44,47-48,51,57H,4-6,9,12-15,18,21-24,27,29,33-34,36-37,40-41,43,45-46,49-50,52-56H2,1-3H3/b10-7-,11-8-,19-16-,20-17-,28-25-,31-30-,32-26-,38-35-,42-39-,47-44-,51-48-. The molecule has 1 atom stereocenters. The Labute approximate surface area is 405 Å². The predicted octanol–water partition coefficient (Wildman–Crippen LogP) is 17.5. The molecule has 0 fully saturated rings. The third kappa shape index (κ3) is 50.5. The third-order valence-electron chi connectivity index (χ3n) is 10.4. The molecule has 1 unspecified atom stereocenters. The zero-order valence-corrected chi connectivity index (χ0v) is 42.1. The Kier molecular flexibility index (Phi) is 49.6. The van der Waals surface area contributed by atoms with Gasteiger partial charge in [-0.05, 0) is 83.5 Å². The first-order chi connectivity index (χ1) is 32.5. The highest BCUT2D eigenvalue weighted by molar-refractivity contribution is 5.72. The molecule has 0 heterocycles. The van der Waals surface area contributed by atoms with E-state index in [9.17, 15) is 14.4 Å². The molecule has 0 rings (SSSR count). The van der Waals surface area contributed by atoms with Crippen LogP contribution in [0.2, 0.25) is 0 Å². The number of rotatable bonds is 45. The largest absolute Gasteiger partial charge is 0.462 e. The summed E-state index contributed by atoms with van der Waals surface area (Å²) >= 11 is 0. The molecule has 0 amide bonds. The second-order valence-electron chi connectivity index (χ2n) is 16.7. The van der Waals surface area contributed by atoms with Gasteiger partial charge >= 0.3 is 17.9 Å². The van der Waals surface area contributed by atoms with E-state index in [1.54, 1.807) is 6.08 Å². The maximum atomic E-state index is 12.7. The van der Waals surface area contributed by atoms with E-state index >= 15 is 0 Å². The Bertz CT molecular complexity index is 1460. The van der Waals surface area contributed by atoms with Gasteiger partial charge < -0.3 is 14.2 Å². The molecule has 0 aromatic rings. The maximum Gasteiger partial charge on any atom is 0.310 e. The zero-order chi connectivity index (χ0) is 47.9. The zero-order valence-electron chi connectivity index (χ0n) is 42.1. The highest BCUT2D eigenvalue weighted by Gasteiger charge is 2.19. The quantitative estimate of drug-likeness (QED) is 0.0262. The molecule has 0 aliphatic carbocycles. The van der Waals surface area contributed by atoms with Gasteiger partial charge in [0, 0.05) is 12.8 Å². The summed E-state index contributed by atoms with van der Waals surface area (Å²) in [7, 11) is 0. The number of carbonyl (C=O) groups excluding carboxylic acids is 3. The molecule has 0 aromatic carbocycles. The molecule has 0 radical (unpaired) electrons. The van der Waals surface area contributed by atoms with Crippen LogP contribution in [0.3, 0.4) is 0 Å². The van der Waals surface area contributed by atoms with Crippen LogP contribution in [-0.2, 0) is 28.6 Å². The van der Waals surface area contributed by atoms with Crippen molar-refractivity contribution in [2.24, 2.45) is 0 Å². The van der Waals surface area contributed by atoms with Gasteiger partial charge in [0.15, 0.2) is 6.10 Å². The van der Waals surface area contributed by atoms with Gasteiger partial charge in [0.2, 0.25) is 0 Å². The number of hydrogen-bond acceptors (Lipinski definition) is 6. The summed E-state index contributed by atoms with van der Waals surface area (Å²) in [6, 6.07) is 0. The molecule has 6 heteroatoms. The van der Waals surface area contributed by atoms with Gasteiger partial charge in [0.05, 0.1) is 6.42 Å². The van der Waals surface area contributed by atoms with Gasteiger partial charge in [-0.25, -0.2) is 0 Å². The predicted molar refractivity (Wildman–Crippen MR) is 283 cm³/mol. The van der Waals surface area contributed by atoms with Crippen molar-refractivity contribution in [2.75, 3.05) is 13.2 Å². The van der Waals surface area contributed by atoms with Crippen LogP contribution in [0.4, 0.5) is 0 Å². The molecular weight excluding hydrogens is 817 g/mol. The van der Waals surface area contributed by atoms with E-state index in [4.69, 9.17) is 14.2 Å². The van der Waals surface area contributed by atoms with E-state index in [1.165, 1.54) is 70.6 Å². The lowest BCUT2D eigenvalue weighted by molar-refractivity contribution is -0.166. The fraction of sp³-hybridized carbons (Fsp3) is 0.583. The molecule has 0 spiro atoms. The summed E-state index contributed by atoms with van der Waals surface area (Å²) in [6.07, 6.45) is 74.7. The van der Waals surface area contributed by atoms with Gasteiger partial charge in [-0.3, -0.25) is 14.4 Å². The minimum Gasteiger partial charge on any atom is -0.462 e. The molecule has 370 valence electrons. The first kappa shape index (κ1) is 61.5. The number of esters is 3. The van der Waals surface area contributed by atoms with Crippen LogP contribution < -0.4 is 0 Å². The fourth-order valence-electron chi connectivity index (χ4n) is 6.60. The second kappa shape index (κ2) is 53.2. The van der Waals surface area contributed by atoms with Gasteiger partial charge in [-0.1, -0.05) is 238 Å². The lowest BCUT2D eigenvalue weighted by Gasteiger charge is -2.18. The van der Waals surface area contributed by atoms with Crippen LogP contribution in [0.15, 0.2) is 134 Å². The Morgan fingerprint density at radius 3 is 1.00 bits per heavy atom. The van der Waals surface area contributed by atoms with Gasteiger partial charge in [-0.15, -0.1) is 0 Å². The van der Waals surface area contributed by atoms with E-state index in [0.29, 0.717) is 19.3 Å². The fourth-order valence-corrected chi connectivity index (χ4v) is 6.60. The van der Waals surface area contributed by atoms with E-state index in [2.05, 4.69) is 130 Å². The highest BCUT2D eigenvalue weighted by Crippen LogP contribution is 2.14. The van der Waals surface area contributed by atoms with Crippen molar-refractivity contribution in [2.45, 2.75) is 213 Å². The van der Waals surface area contributed by atoms with E-state index in [1.807, 2.05) is 18.2 Å². The summed E-state index contributed by atoms with van der Waals surface area (Å²) in [5, 5.41) is 0. The van der Waals surface area contributed by atoms with Crippen molar-refractivity contribution >= 4 is 17.9 Å². The third-order valence-corrected chi connectivity index (χ3v) is 10.4. The van der Waals surface area contributed by atoms with Crippen molar-refractivity contribution in [1.29, 1.82) is 0 Å². The molecule has 0 bridgehead atoms. The van der Waals surface area contributed by atoms with Crippen LogP contribution in [0.25, 0.3) is 0 Å². The summed E-state index contributed by atoms with van der Waals surface area (Å²) in [5.74, 6) is -1.17. The monoisotopic (exact) mass is 911 g/mol. The molecule has 0 saturated carbocycles. The molecule has 0 aliphatic heterocycles. The summed E-state index contributed by atoms with van der Waals surface area (Å²) in [4.78, 5) is 37.9. The van der Waals surface area contributed by atoms with Crippen LogP contribution >= 0.6 is 0 Å². The average molecular weight is 911 g/mol. The molecule has 0 aromatic heterocycles. The number of unbranched alkanes of at least 4 members (excludes halogenated alkanes) is 13. The molecule has 66 heavy (non-hydrogen) atoms. The minimum atomic E-state index is -0.865. The average Bonchev–Trinajstić information content (AvgIpc) is 3.31. The van der Waals surface area contributed by atoms with Crippen LogP contribution in [0.1, 0.15) is 207 Å². The van der Waals surface area contributed by atoms with E-state index in [0.717, 1.165) is 83.5 Å². The van der Waals surface area contributed by atoms with Crippen LogP contribution in [-0.4, -0.2) is 37.2 Å². The maximum absolute atomic E-state index is 12.7. The van der Waals surface area contributed by atoms with Gasteiger partial charge in [-0.2, -0.15) is 0 Å². The molecule has 0 saturated heterocycles. The number of carbonyl (C=O) groups is 3. The topological polar surface area (TPSA) is 78.9 Å². The van der Waals surface area contributed by atoms with Crippen LogP contribution in [0.5, 0.6) is 0 Å². The Morgan fingerprint density at radius 2 is 0.636 bits per heavy atom. The number of ether oxygens (including phenoxy) is 3. The van der Waals surface area contributed by atoms with Crippen molar-refractivity contribution in [3.05, 3.63) is 134 Å². The normalized spacial score (nSPS) is 13.2. The van der Waals surface area contributed by atoms with Crippen molar-refractivity contribution in [1.82, 2.24) is 0 Å². The van der Waals surface area contributed by atoms with Crippen molar-refractivity contribution < 1.29 is 28.6 Å². The lowest BCUT2D eigenvalue weighted by Crippen LogP contribution is -2.30. The summed E-state index contributed by atoms with van der Waals surface area (Å²) in [5.41, 5.74) is 0. The first-order valence-corrected chi connectivity index (χ1v) is 26.2. The van der Waals surface area contributed by atoms with Crippen LogP contribution in [0, 0.1) is 0 Å². The molecule has 0 N–H and O–H groups in total. The Balaban J connectivity index is 4.63. The summed E-state index contributed by atoms with van der Waals surface area (Å²) < 4.78 is 16.6. The molecule has 0 aliphatic rings. The van der Waals surface area contributed by atoms with Crippen molar-refractivity contribution in [3.63, 3.8) is 0 Å². The van der Waals surface area contributed by atoms with Gasteiger partial charge in [0.1, 0.15) is 13.2 Å². The summed E-state index contributed by atoms with van der Waals surface area (Å²) in [6.45, 7) is 6.24. The highest BCUT2D eigenvalue weighted by atomic mass is 16.6. The SMILES string of the molecule is CC/C=C\C/C=C\C/C=C\C/C=C\C/C=C\C/C=C\CCC(=O)OCC(COC(=O)CCCCCCCCCCCCCCCC)OC(=O)C/C=C\C/C=C\C/C=C\C/C=C\C/C=C\CC. The van der Waals surface area contributed by atoms with E-state index in [-0.39, 0.29) is 38.0 Å². The lowest BCUT2D eigenvalue weighted by atomic mass is 10.0. The molecule has 6 nitrogen and oxygen atoms in total. The van der Waals surface area contributed by atoms with Crippen molar-refractivity contribution in [3.8, 4) is 0 Å².